The van der Waals surface area contributed by atoms with Crippen LogP contribution in [-0.2, 0) is 11.2 Å². The zero-order chi connectivity index (χ0) is 17.8. The van der Waals surface area contributed by atoms with Gasteiger partial charge in [0.2, 0.25) is 5.91 Å². The first-order valence-electron chi connectivity index (χ1n) is 8.58. The lowest BCUT2D eigenvalue weighted by atomic mass is 9.87. The average molecular weight is 379 g/mol. The minimum absolute atomic E-state index is 0. The number of likely N-dealkylation sites (tertiary alicyclic amines) is 1. The summed E-state index contributed by atoms with van der Waals surface area (Å²) >= 11 is 0. The maximum atomic E-state index is 13.0. The Bertz CT molecular complexity index is 714. The summed E-state index contributed by atoms with van der Waals surface area (Å²) < 4.78 is 13.0. The molecular weight excluding hydrogens is 355 g/mol. The number of nitrogens with two attached hydrogens (primary N) is 1. The van der Waals surface area contributed by atoms with E-state index in [4.69, 9.17) is 5.73 Å². The smallest absolute Gasteiger partial charge is 0.226 e. The molecule has 4 nitrogen and oxygen atoms in total. The van der Waals surface area contributed by atoms with E-state index in [2.05, 4.69) is 0 Å². The number of rotatable bonds is 4. The van der Waals surface area contributed by atoms with Crippen LogP contribution in [0.1, 0.15) is 30.1 Å². The number of halogens is 2. The molecule has 1 atom stereocenters. The lowest BCUT2D eigenvalue weighted by Gasteiger charge is -2.34. The first kappa shape index (κ1) is 20.2. The van der Waals surface area contributed by atoms with Crippen LogP contribution in [0.15, 0.2) is 48.5 Å². The highest BCUT2D eigenvalue weighted by Gasteiger charge is 2.28. The third kappa shape index (κ3) is 4.96. The zero-order valence-corrected chi connectivity index (χ0v) is 15.3. The molecule has 0 aromatic heterocycles. The molecule has 0 saturated carbocycles. The molecule has 6 heteroatoms. The Kier molecular flexibility index (Phi) is 7.00. The maximum Gasteiger partial charge on any atom is 0.226 e. The van der Waals surface area contributed by atoms with Gasteiger partial charge in [0.05, 0.1) is 12.5 Å². The molecule has 1 heterocycles. The van der Waals surface area contributed by atoms with Gasteiger partial charge in [-0.1, -0.05) is 24.3 Å². The molecule has 1 aliphatic heterocycles. The normalized spacial score (nSPS) is 16.0. The number of carbonyl (C=O) groups excluding carboxylic acids is 1. The number of hydrogen-bond donors (Lipinski definition) is 2. The Morgan fingerprint density at radius 3 is 2.27 bits per heavy atom. The molecule has 1 fully saturated rings. The van der Waals surface area contributed by atoms with Crippen LogP contribution in [0.3, 0.4) is 0 Å². The van der Waals surface area contributed by atoms with Crippen molar-refractivity contribution in [1.29, 1.82) is 0 Å². The van der Waals surface area contributed by atoms with Crippen molar-refractivity contribution in [3.05, 3.63) is 65.5 Å². The van der Waals surface area contributed by atoms with Crippen LogP contribution in [0.2, 0.25) is 0 Å². The Labute approximate surface area is 159 Å². The van der Waals surface area contributed by atoms with E-state index in [1.54, 1.807) is 24.3 Å². The van der Waals surface area contributed by atoms with Crippen molar-refractivity contribution in [2.75, 3.05) is 18.8 Å². The molecule has 140 valence electrons. The second kappa shape index (κ2) is 9.01. The van der Waals surface area contributed by atoms with Crippen LogP contribution in [0.25, 0.3) is 0 Å². The standard InChI is InChI=1S/C20H23FN2O2.ClH/c21-17-5-3-15(4-6-17)20(25)16-9-11-23(12-10-16)19(24)13-14-1-7-18(22)8-2-14;/h1-8,16,20,25H,9-13,22H2;1H. The maximum absolute atomic E-state index is 13.0. The molecule has 2 aromatic carbocycles. The van der Waals surface area contributed by atoms with Crippen LogP contribution in [0, 0.1) is 11.7 Å². The van der Waals surface area contributed by atoms with Gasteiger partial charge in [-0.05, 0) is 54.2 Å². The summed E-state index contributed by atoms with van der Waals surface area (Å²) in [5.74, 6) is -0.121. The van der Waals surface area contributed by atoms with Crippen molar-refractivity contribution in [2.24, 2.45) is 5.92 Å². The van der Waals surface area contributed by atoms with E-state index in [9.17, 15) is 14.3 Å². The van der Waals surface area contributed by atoms with Gasteiger partial charge in [-0.25, -0.2) is 4.39 Å². The molecule has 0 spiro atoms. The fraction of sp³-hybridized carbons (Fsp3) is 0.350. The Balaban J connectivity index is 0.00000243. The number of nitrogen functional groups attached to an aromatic ring is 1. The van der Waals surface area contributed by atoms with Gasteiger partial charge in [0, 0.05) is 18.8 Å². The fourth-order valence-corrected chi connectivity index (χ4v) is 3.32. The van der Waals surface area contributed by atoms with Crippen LogP contribution in [0.4, 0.5) is 10.1 Å². The van der Waals surface area contributed by atoms with Crippen LogP contribution in [-0.4, -0.2) is 29.0 Å². The largest absolute Gasteiger partial charge is 0.399 e. The van der Waals surface area contributed by atoms with Gasteiger partial charge in [-0.2, -0.15) is 0 Å². The van der Waals surface area contributed by atoms with Gasteiger partial charge in [0.15, 0.2) is 0 Å². The van der Waals surface area contributed by atoms with Gasteiger partial charge < -0.3 is 15.7 Å². The zero-order valence-electron chi connectivity index (χ0n) is 14.5. The molecule has 3 rings (SSSR count). The molecular formula is C20H24ClFN2O2. The number of aliphatic hydroxyl groups excluding tert-OH is 1. The number of anilines is 1. The minimum atomic E-state index is -0.616. The predicted molar refractivity (Wildman–Crippen MR) is 102 cm³/mol. The summed E-state index contributed by atoms with van der Waals surface area (Å²) in [6, 6.07) is 13.3. The van der Waals surface area contributed by atoms with Gasteiger partial charge in [-0.15, -0.1) is 12.4 Å². The number of piperidine rings is 1. The molecule has 1 unspecified atom stereocenters. The van der Waals surface area contributed by atoms with Crippen molar-refractivity contribution in [3.63, 3.8) is 0 Å². The number of amides is 1. The SMILES string of the molecule is Cl.Nc1ccc(CC(=O)N2CCC(C(O)c3ccc(F)cc3)CC2)cc1. The number of hydrogen-bond acceptors (Lipinski definition) is 3. The Morgan fingerprint density at radius 1 is 1.12 bits per heavy atom. The molecule has 0 aliphatic carbocycles. The van der Waals surface area contributed by atoms with Crippen molar-refractivity contribution in [2.45, 2.75) is 25.4 Å². The van der Waals surface area contributed by atoms with Gasteiger partial charge in [-0.3, -0.25) is 4.79 Å². The monoisotopic (exact) mass is 378 g/mol. The van der Waals surface area contributed by atoms with E-state index in [-0.39, 0.29) is 30.0 Å². The Morgan fingerprint density at radius 2 is 1.69 bits per heavy atom. The quantitative estimate of drug-likeness (QED) is 0.802. The van der Waals surface area contributed by atoms with Crippen molar-refractivity contribution in [3.8, 4) is 0 Å². The van der Waals surface area contributed by atoms with Crippen molar-refractivity contribution < 1.29 is 14.3 Å². The van der Waals surface area contributed by atoms with Crippen LogP contribution >= 0.6 is 12.4 Å². The van der Waals surface area contributed by atoms with Gasteiger partial charge in [0.25, 0.3) is 0 Å². The molecule has 2 aromatic rings. The van der Waals surface area contributed by atoms with E-state index >= 15 is 0 Å². The summed E-state index contributed by atoms with van der Waals surface area (Å²) in [5, 5.41) is 10.5. The third-order valence-corrected chi connectivity index (χ3v) is 4.89. The lowest BCUT2D eigenvalue weighted by Crippen LogP contribution is -2.40. The molecule has 1 amide bonds. The molecule has 0 bridgehead atoms. The fourth-order valence-electron chi connectivity index (χ4n) is 3.32. The number of carbonyl (C=O) groups is 1. The number of nitrogens with zero attached hydrogens (tertiary/aromatic N) is 1. The van der Waals surface area contributed by atoms with E-state index in [0.29, 0.717) is 25.2 Å². The lowest BCUT2D eigenvalue weighted by molar-refractivity contribution is -0.132. The first-order chi connectivity index (χ1) is 12.0. The van der Waals surface area contributed by atoms with Crippen molar-refractivity contribution >= 4 is 24.0 Å². The summed E-state index contributed by atoms with van der Waals surface area (Å²) in [6.07, 6.45) is 1.23. The van der Waals surface area contributed by atoms with Crippen LogP contribution < -0.4 is 5.73 Å². The topological polar surface area (TPSA) is 66.6 Å². The highest BCUT2D eigenvalue weighted by molar-refractivity contribution is 5.85. The second-order valence-electron chi connectivity index (χ2n) is 6.63. The molecule has 3 N–H and O–H groups in total. The summed E-state index contributed by atoms with van der Waals surface area (Å²) in [4.78, 5) is 14.3. The number of aliphatic hydroxyl groups is 1. The highest BCUT2D eigenvalue weighted by Crippen LogP contribution is 2.31. The summed E-state index contributed by atoms with van der Waals surface area (Å²) in [7, 11) is 0. The van der Waals surface area contributed by atoms with Crippen molar-refractivity contribution in [1.82, 2.24) is 4.90 Å². The number of benzene rings is 2. The molecule has 26 heavy (non-hydrogen) atoms. The van der Waals surface area contributed by atoms with E-state index in [0.717, 1.165) is 24.0 Å². The van der Waals surface area contributed by atoms with Crippen LogP contribution in [0.5, 0.6) is 0 Å². The minimum Gasteiger partial charge on any atom is -0.399 e. The third-order valence-electron chi connectivity index (χ3n) is 4.89. The van der Waals surface area contributed by atoms with E-state index < -0.39 is 6.10 Å². The van der Waals surface area contributed by atoms with Gasteiger partial charge >= 0.3 is 0 Å². The summed E-state index contributed by atoms with van der Waals surface area (Å²) in [5.41, 5.74) is 8.03. The average Bonchev–Trinajstić information content (AvgIpc) is 2.64. The predicted octanol–water partition coefficient (Wildman–Crippen LogP) is 3.34. The van der Waals surface area contributed by atoms with E-state index in [1.807, 2.05) is 17.0 Å². The highest BCUT2D eigenvalue weighted by atomic mass is 35.5. The molecule has 1 aliphatic rings. The first-order valence-corrected chi connectivity index (χ1v) is 8.58. The summed E-state index contributed by atoms with van der Waals surface area (Å²) in [6.45, 7) is 1.27. The van der Waals surface area contributed by atoms with E-state index in [1.165, 1.54) is 12.1 Å². The molecule has 0 radical (unpaired) electrons. The Hall–Kier alpha value is -2.11. The molecule has 1 saturated heterocycles. The van der Waals surface area contributed by atoms with Gasteiger partial charge in [0.1, 0.15) is 5.82 Å². The second-order valence-corrected chi connectivity index (χ2v) is 6.63.